The standard InChI is InChI=1S/C18H19ClN2O4S/c1-9-10(2)26-18(16(9)17(20)24)21-15(23)7-5-13(22)12-8-11(19)4-6-14(12)25-3/h4,6,8H,5,7H2,1-3H3,(H2,20,24)(H,21,23). The SMILES string of the molecule is COc1ccc(Cl)cc1C(=O)CCC(=O)Nc1sc(C)c(C)c1C(N)=O. The van der Waals surface area contributed by atoms with E-state index in [0.717, 1.165) is 10.4 Å². The van der Waals surface area contributed by atoms with Crippen molar-refractivity contribution in [2.24, 2.45) is 5.73 Å². The molecular weight excluding hydrogens is 376 g/mol. The first-order valence-electron chi connectivity index (χ1n) is 7.81. The number of nitrogens with one attached hydrogen (secondary N) is 1. The molecule has 0 saturated heterocycles. The lowest BCUT2D eigenvalue weighted by atomic mass is 10.1. The number of hydrogen-bond acceptors (Lipinski definition) is 5. The zero-order chi connectivity index (χ0) is 19.4. The Morgan fingerprint density at radius 2 is 1.92 bits per heavy atom. The lowest BCUT2D eigenvalue weighted by molar-refractivity contribution is -0.116. The minimum atomic E-state index is -0.595. The number of rotatable bonds is 7. The van der Waals surface area contributed by atoms with Crippen LogP contribution in [0.15, 0.2) is 18.2 Å². The number of primary amides is 1. The van der Waals surface area contributed by atoms with Crippen molar-refractivity contribution in [3.05, 3.63) is 44.8 Å². The fourth-order valence-corrected chi connectivity index (χ4v) is 3.71. The van der Waals surface area contributed by atoms with Gasteiger partial charge in [0.15, 0.2) is 5.78 Å². The highest BCUT2D eigenvalue weighted by Gasteiger charge is 2.20. The molecule has 1 heterocycles. The van der Waals surface area contributed by atoms with Gasteiger partial charge in [-0.15, -0.1) is 11.3 Å². The van der Waals surface area contributed by atoms with Crippen LogP contribution in [0.25, 0.3) is 0 Å². The van der Waals surface area contributed by atoms with Gasteiger partial charge in [0.2, 0.25) is 5.91 Å². The number of ketones is 1. The second kappa shape index (κ2) is 8.33. The number of halogens is 1. The topological polar surface area (TPSA) is 98.5 Å². The molecule has 0 bridgehead atoms. The quantitative estimate of drug-likeness (QED) is 0.699. The Morgan fingerprint density at radius 1 is 1.23 bits per heavy atom. The Hall–Kier alpha value is -2.38. The number of hydrogen-bond donors (Lipinski definition) is 2. The molecule has 6 nitrogen and oxygen atoms in total. The minimum absolute atomic E-state index is 0.0161. The Morgan fingerprint density at radius 3 is 2.54 bits per heavy atom. The van der Waals surface area contributed by atoms with Crippen LogP contribution in [0.4, 0.5) is 5.00 Å². The lowest BCUT2D eigenvalue weighted by Crippen LogP contribution is -2.18. The maximum atomic E-state index is 12.4. The van der Waals surface area contributed by atoms with Gasteiger partial charge in [-0.25, -0.2) is 0 Å². The normalized spacial score (nSPS) is 10.5. The molecule has 0 aliphatic rings. The van der Waals surface area contributed by atoms with Gasteiger partial charge < -0.3 is 15.8 Å². The van der Waals surface area contributed by atoms with Crippen LogP contribution in [0.3, 0.4) is 0 Å². The molecule has 0 aliphatic carbocycles. The summed E-state index contributed by atoms with van der Waals surface area (Å²) in [5.74, 6) is -0.821. The van der Waals surface area contributed by atoms with Gasteiger partial charge in [0.1, 0.15) is 10.8 Å². The molecule has 0 aliphatic heterocycles. The molecule has 2 amide bonds. The smallest absolute Gasteiger partial charge is 0.251 e. The first-order chi connectivity index (χ1) is 12.2. The third kappa shape index (κ3) is 4.42. The van der Waals surface area contributed by atoms with E-state index in [1.54, 1.807) is 19.1 Å². The van der Waals surface area contributed by atoms with Crippen LogP contribution in [0.5, 0.6) is 5.75 Å². The number of nitrogens with two attached hydrogens (primary N) is 1. The zero-order valence-corrected chi connectivity index (χ0v) is 16.2. The van der Waals surface area contributed by atoms with Crippen molar-refractivity contribution < 1.29 is 19.1 Å². The molecule has 2 aromatic rings. The summed E-state index contributed by atoms with van der Waals surface area (Å²) < 4.78 is 5.15. The van der Waals surface area contributed by atoms with Crippen LogP contribution >= 0.6 is 22.9 Å². The summed E-state index contributed by atoms with van der Waals surface area (Å²) in [4.78, 5) is 37.1. The van der Waals surface area contributed by atoms with Gasteiger partial charge in [0.05, 0.1) is 18.2 Å². The van der Waals surface area contributed by atoms with Gasteiger partial charge in [-0.3, -0.25) is 14.4 Å². The fraction of sp³-hybridized carbons (Fsp3) is 0.278. The van der Waals surface area contributed by atoms with Crippen molar-refractivity contribution in [3.63, 3.8) is 0 Å². The van der Waals surface area contributed by atoms with Crippen molar-refractivity contribution in [2.45, 2.75) is 26.7 Å². The third-order valence-corrected chi connectivity index (χ3v) is 5.28. The minimum Gasteiger partial charge on any atom is -0.496 e. The second-order valence-corrected chi connectivity index (χ2v) is 7.33. The first-order valence-corrected chi connectivity index (χ1v) is 9.00. The Bertz CT molecular complexity index is 876. The number of carbonyl (C=O) groups is 3. The number of carbonyl (C=O) groups excluding carboxylic acids is 3. The predicted molar refractivity (Wildman–Crippen MR) is 103 cm³/mol. The van der Waals surface area contributed by atoms with E-state index in [2.05, 4.69) is 5.32 Å². The second-order valence-electron chi connectivity index (χ2n) is 5.67. The molecule has 2 rings (SSSR count). The first kappa shape index (κ1) is 19.9. The highest BCUT2D eigenvalue weighted by atomic mass is 35.5. The third-order valence-electron chi connectivity index (χ3n) is 3.93. The average molecular weight is 395 g/mol. The van der Waals surface area contributed by atoms with Crippen LogP contribution < -0.4 is 15.8 Å². The van der Waals surface area contributed by atoms with E-state index in [9.17, 15) is 14.4 Å². The summed E-state index contributed by atoms with van der Waals surface area (Å²) in [7, 11) is 1.46. The molecule has 0 fully saturated rings. The van der Waals surface area contributed by atoms with Gasteiger partial charge in [-0.05, 0) is 37.6 Å². The average Bonchev–Trinajstić information content (AvgIpc) is 2.86. The summed E-state index contributed by atoms with van der Waals surface area (Å²) in [6.45, 7) is 3.62. The van der Waals surface area contributed by atoms with Crippen LogP contribution in [0.1, 0.15) is 44.0 Å². The molecule has 1 aromatic carbocycles. The zero-order valence-electron chi connectivity index (χ0n) is 14.6. The van der Waals surface area contributed by atoms with Gasteiger partial charge in [0, 0.05) is 22.7 Å². The molecule has 1 aromatic heterocycles. The van der Waals surface area contributed by atoms with E-state index < -0.39 is 5.91 Å². The highest BCUT2D eigenvalue weighted by Crippen LogP contribution is 2.32. The molecule has 0 radical (unpaired) electrons. The highest BCUT2D eigenvalue weighted by molar-refractivity contribution is 7.16. The van der Waals surface area contributed by atoms with Crippen molar-refractivity contribution in [1.82, 2.24) is 0 Å². The Balaban J connectivity index is 2.06. The van der Waals surface area contributed by atoms with E-state index in [4.69, 9.17) is 22.1 Å². The van der Waals surface area contributed by atoms with Crippen molar-refractivity contribution in [2.75, 3.05) is 12.4 Å². The predicted octanol–water partition coefficient (Wildman–Crippen LogP) is 3.73. The summed E-state index contributed by atoms with van der Waals surface area (Å²) in [6, 6.07) is 4.74. The van der Waals surface area contributed by atoms with Gasteiger partial charge in [0.25, 0.3) is 5.91 Å². The number of amides is 2. The Labute approximate surface area is 160 Å². The number of methoxy groups -OCH3 is 1. The summed E-state index contributed by atoms with van der Waals surface area (Å²) in [5.41, 5.74) is 6.77. The van der Waals surface area contributed by atoms with E-state index in [0.29, 0.717) is 26.9 Å². The van der Waals surface area contributed by atoms with E-state index in [1.165, 1.54) is 24.5 Å². The molecule has 0 saturated carbocycles. The maximum absolute atomic E-state index is 12.4. The number of aryl methyl sites for hydroxylation is 1. The molecule has 26 heavy (non-hydrogen) atoms. The van der Waals surface area contributed by atoms with Crippen LogP contribution in [-0.2, 0) is 4.79 Å². The molecule has 0 unspecified atom stereocenters. The number of anilines is 1. The number of benzene rings is 1. The number of Topliss-reactive ketones (excluding diaryl/α,β-unsaturated/α-hetero) is 1. The van der Waals surface area contributed by atoms with Crippen LogP contribution in [-0.4, -0.2) is 24.7 Å². The van der Waals surface area contributed by atoms with Crippen LogP contribution in [0, 0.1) is 13.8 Å². The molecule has 0 spiro atoms. The van der Waals surface area contributed by atoms with Crippen molar-refractivity contribution >= 4 is 45.5 Å². The van der Waals surface area contributed by atoms with Crippen molar-refractivity contribution in [1.29, 1.82) is 0 Å². The van der Waals surface area contributed by atoms with Gasteiger partial charge in [-0.2, -0.15) is 0 Å². The molecule has 0 atom stereocenters. The van der Waals surface area contributed by atoms with Crippen molar-refractivity contribution in [3.8, 4) is 5.75 Å². The summed E-state index contributed by atoms with van der Waals surface area (Å²) >= 11 is 7.20. The van der Waals surface area contributed by atoms with E-state index in [-0.39, 0.29) is 24.5 Å². The van der Waals surface area contributed by atoms with Gasteiger partial charge >= 0.3 is 0 Å². The van der Waals surface area contributed by atoms with E-state index >= 15 is 0 Å². The number of ether oxygens (including phenoxy) is 1. The molecule has 8 heteroatoms. The maximum Gasteiger partial charge on any atom is 0.251 e. The molecule has 3 N–H and O–H groups in total. The lowest BCUT2D eigenvalue weighted by Gasteiger charge is -2.08. The monoisotopic (exact) mass is 394 g/mol. The number of thiophene rings is 1. The molecular formula is C18H19ClN2O4S. The Kier molecular flexibility index (Phi) is 6.39. The van der Waals surface area contributed by atoms with Gasteiger partial charge in [-0.1, -0.05) is 11.6 Å². The van der Waals surface area contributed by atoms with E-state index in [1.807, 2.05) is 6.92 Å². The fourth-order valence-electron chi connectivity index (χ4n) is 2.46. The molecule has 138 valence electrons. The summed E-state index contributed by atoms with van der Waals surface area (Å²) in [6.07, 6.45) is -0.0551. The van der Waals surface area contributed by atoms with Crippen LogP contribution in [0.2, 0.25) is 5.02 Å². The largest absolute Gasteiger partial charge is 0.496 e. The summed E-state index contributed by atoms with van der Waals surface area (Å²) in [5, 5.41) is 3.49.